The van der Waals surface area contributed by atoms with E-state index in [1.54, 1.807) is 31.2 Å². The quantitative estimate of drug-likeness (QED) is 0.485. The van der Waals surface area contributed by atoms with Gasteiger partial charge in [-0.25, -0.2) is 4.79 Å². The molecule has 0 saturated carbocycles. The van der Waals surface area contributed by atoms with E-state index in [2.05, 4.69) is 0 Å². The van der Waals surface area contributed by atoms with Crippen LogP contribution in [0.5, 0.6) is 0 Å². The van der Waals surface area contributed by atoms with Crippen LogP contribution >= 0.6 is 11.6 Å². The van der Waals surface area contributed by atoms with Gasteiger partial charge < -0.3 is 9.15 Å². The van der Waals surface area contributed by atoms with Gasteiger partial charge in [0.2, 0.25) is 0 Å². The summed E-state index contributed by atoms with van der Waals surface area (Å²) in [6.45, 7) is 1.89. The first-order chi connectivity index (χ1) is 10.2. The number of carbonyl (C=O) groups is 1. The molecule has 0 spiro atoms. The number of hydrogen-bond acceptors (Lipinski definition) is 4. The molecule has 0 atom stereocenters. The van der Waals surface area contributed by atoms with Gasteiger partial charge in [-0.2, -0.15) is 5.26 Å². The summed E-state index contributed by atoms with van der Waals surface area (Å²) in [4.78, 5) is 11.5. The Hall–Kier alpha value is -2.51. The van der Waals surface area contributed by atoms with Gasteiger partial charge in [-0.15, -0.1) is 0 Å². The lowest BCUT2D eigenvalue weighted by Gasteiger charge is -2.00. The highest BCUT2D eigenvalue weighted by atomic mass is 35.5. The molecule has 0 saturated heterocycles. The van der Waals surface area contributed by atoms with Gasteiger partial charge in [0.25, 0.3) is 0 Å². The fourth-order valence-electron chi connectivity index (χ4n) is 1.72. The Labute approximate surface area is 127 Å². The van der Waals surface area contributed by atoms with Gasteiger partial charge in [-0.3, -0.25) is 0 Å². The summed E-state index contributed by atoms with van der Waals surface area (Å²) in [5.41, 5.74) is 0.630. The number of nitrogens with zero attached hydrogens (tertiary/aromatic N) is 1. The van der Waals surface area contributed by atoms with Gasteiger partial charge in [-0.05, 0) is 31.2 Å². The predicted octanol–water partition coefficient (Wildman–Crippen LogP) is 4.07. The molecule has 21 heavy (non-hydrogen) atoms. The van der Waals surface area contributed by atoms with Crippen molar-refractivity contribution in [2.75, 3.05) is 6.61 Å². The molecule has 1 heterocycles. The van der Waals surface area contributed by atoms with Gasteiger partial charge in [-0.1, -0.05) is 23.7 Å². The number of halogens is 1. The summed E-state index contributed by atoms with van der Waals surface area (Å²) >= 11 is 6.09. The fraction of sp³-hybridized carbons (Fsp3) is 0.125. The number of esters is 1. The molecule has 1 aromatic carbocycles. The van der Waals surface area contributed by atoms with Crippen LogP contribution in [0.3, 0.4) is 0 Å². The lowest BCUT2D eigenvalue weighted by molar-refractivity contribution is -0.137. The van der Waals surface area contributed by atoms with E-state index < -0.39 is 5.97 Å². The second-order valence-electron chi connectivity index (χ2n) is 4.07. The molecule has 0 N–H and O–H groups in total. The summed E-state index contributed by atoms with van der Waals surface area (Å²) in [5.74, 6) is 0.276. The standard InChI is InChI=1S/C16H12ClNO3/c1-2-20-16(19)11(10-18)9-12-7-8-15(21-12)13-5-3-4-6-14(13)17/h3-9H,2H2,1H3/b11-9-. The van der Waals surface area contributed by atoms with Crippen LogP contribution < -0.4 is 0 Å². The molecular weight excluding hydrogens is 290 g/mol. The van der Waals surface area contributed by atoms with Crippen molar-refractivity contribution in [1.29, 1.82) is 5.26 Å². The Morgan fingerprint density at radius 2 is 2.14 bits per heavy atom. The summed E-state index contributed by atoms with van der Waals surface area (Å²) in [6, 6.07) is 12.4. The number of carbonyl (C=O) groups excluding carboxylic acids is 1. The van der Waals surface area contributed by atoms with E-state index in [1.807, 2.05) is 18.2 Å². The number of ether oxygens (including phenoxy) is 1. The van der Waals surface area contributed by atoms with Crippen LogP contribution in [0.1, 0.15) is 12.7 Å². The minimum absolute atomic E-state index is 0.114. The van der Waals surface area contributed by atoms with Crippen molar-refractivity contribution in [2.45, 2.75) is 6.92 Å². The Kier molecular flexibility index (Phi) is 4.81. The number of benzene rings is 1. The van der Waals surface area contributed by atoms with Gasteiger partial charge in [0, 0.05) is 11.6 Å². The van der Waals surface area contributed by atoms with Gasteiger partial charge in [0.05, 0.1) is 11.6 Å². The summed E-state index contributed by atoms with van der Waals surface area (Å²) in [6.07, 6.45) is 1.35. The molecule has 2 rings (SSSR count). The lowest BCUT2D eigenvalue weighted by Crippen LogP contribution is -2.05. The van der Waals surface area contributed by atoms with E-state index in [1.165, 1.54) is 6.08 Å². The highest BCUT2D eigenvalue weighted by molar-refractivity contribution is 6.33. The van der Waals surface area contributed by atoms with E-state index in [0.29, 0.717) is 16.5 Å². The maximum absolute atomic E-state index is 11.5. The maximum atomic E-state index is 11.5. The van der Waals surface area contributed by atoms with Crippen molar-refractivity contribution >= 4 is 23.6 Å². The normalized spacial score (nSPS) is 11.0. The molecule has 0 aliphatic rings. The third-order valence-electron chi connectivity index (χ3n) is 2.67. The Balaban J connectivity index is 2.30. The van der Waals surface area contributed by atoms with Crippen LogP contribution in [0.15, 0.2) is 46.4 Å². The second kappa shape index (κ2) is 6.78. The molecule has 0 amide bonds. The van der Waals surface area contributed by atoms with Crippen molar-refractivity contribution in [3.8, 4) is 17.4 Å². The first-order valence-corrected chi connectivity index (χ1v) is 6.67. The van der Waals surface area contributed by atoms with Gasteiger partial charge in [0.1, 0.15) is 23.2 Å². The predicted molar refractivity (Wildman–Crippen MR) is 79.4 cm³/mol. The highest BCUT2D eigenvalue weighted by Gasteiger charge is 2.12. The summed E-state index contributed by atoms with van der Waals surface area (Å²) in [5, 5.41) is 9.53. The van der Waals surface area contributed by atoms with Crippen LogP contribution in [0.25, 0.3) is 17.4 Å². The molecule has 2 aromatic rings. The monoisotopic (exact) mass is 301 g/mol. The first-order valence-electron chi connectivity index (χ1n) is 6.29. The van der Waals surface area contributed by atoms with Crippen molar-refractivity contribution in [2.24, 2.45) is 0 Å². The number of hydrogen-bond donors (Lipinski definition) is 0. The van der Waals surface area contributed by atoms with E-state index in [9.17, 15) is 4.79 Å². The highest BCUT2D eigenvalue weighted by Crippen LogP contribution is 2.29. The molecule has 0 fully saturated rings. The third kappa shape index (κ3) is 3.53. The van der Waals surface area contributed by atoms with E-state index in [0.717, 1.165) is 5.56 Å². The van der Waals surface area contributed by atoms with Crippen LogP contribution in [-0.2, 0) is 9.53 Å². The molecule has 4 nitrogen and oxygen atoms in total. The van der Waals surface area contributed by atoms with E-state index in [-0.39, 0.29) is 12.2 Å². The SMILES string of the molecule is CCOC(=O)/C(C#N)=C\c1ccc(-c2ccccc2Cl)o1. The largest absolute Gasteiger partial charge is 0.462 e. The average Bonchev–Trinajstić information content (AvgIpc) is 2.93. The van der Waals surface area contributed by atoms with Gasteiger partial charge in [0.15, 0.2) is 0 Å². The second-order valence-corrected chi connectivity index (χ2v) is 4.48. The fourth-order valence-corrected chi connectivity index (χ4v) is 1.95. The first kappa shape index (κ1) is 14.9. The molecule has 1 aromatic heterocycles. The van der Waals surface area contributed by atoms with Crippen LogP contribution in [0.4, 0.5) is 0 Å². The smallest absolute Gasteiger partial charge is 0.349 e. The molecule has 106 valence electrons. The van der Waals surface area contributed by atoms with E-state index >= 15 is 0 Å². The molecule has 0 radical (unpaired) electrons. The molecule has 0 bridgehead atoms. The topological polar surface area (TPSA) is 63.2 Å². The third-order valence-corrected chi connectivity index (χ3v) is 3.00. The lowest BCUT2D eigenvalue weighted by atomic mass is 10.2. The summed E-state index contributed by atoms with van der Waals surface area (Å²) < 4.78 is 10.4. The van der Waals surface area contributed by atoms with Crippen molar-refractivity contribution < 1.29 is 13.9 Å². The number of rotatable bonds is 4. The van der Waals surface area contributed by atoms with Crippen molar-refractivity contribution in [3.63, 3.8) is 0 Å². The zero-order valence-electron chi connectivity index (χ0n) is 11.3. The molecule has 0 aliphatic carbocycles. The molecule has 5 heteroatoms. The van der Waals surface area contributed by atoms with Crippen LogP contribution in [0, 0.1) is 11.3 Å². The molecular formula is C16H12ClNO3. The average molecular weight is 302 g/mol. The maximum Gasteiger partial charge on any atom is 0.349 e. The van der Waals surface area contributed by atoms with Gasteiger partial charge >= 0.3 is 5.97 Å². The van der Waals surface area contributed by atoms with Crippen molar-refractivity contribution in [3.05, 3.63) is 52.8 Å². The van der Waals surface area contributed by atoms with Crippen LogP contribution in [-0.4, -0.2) is 12.6 Å². The Bertz CT molecular complexity index is 725. The zero-order valence-corrected chi connectivity index (χ0v) is 12.1. The van der Waals surface area contributed by atoms with E-state index in [4.69, 9.17) is 26.0 Å². The zero-order chi connectivity index (χ0) is 15.2. The summed E-state index contributed by atoms with van der Waals surface area (Å²) in [7, 11) is 0. The molecule has 0 aliphatic heterocycles. The number of furan rings is 1. The number of nitriles is 1. The minimum Gasteiger partial charge on any atom is -0.462 e. The minimum atomic E-state index is -0.671. The van der Waals surface area contributed by atoms with Crippen LogP contribution in [0.2, 0.25) is 5.02 Å². The van der Waals surface area contributed by atoms with Crippen molar-refractivity contribution in [1.82, 2.24) is 0 Å². The Morgan fingerprint density at radius 1 is 1.38 bits per heavy atom. The Morgan fingerprint density at radius 3 is 2.81 bits per heavy atom. The molecule has 0 unspecified atom stereocenters.